The molecule has 1 spiro atoms. The van der Waals surface area contributed by atoms with Gasteiger partial charge >= 0.3 is 0 Å². The Morgan fingerprint density at radius 1 is 1.03 bits per heavy atom. The molecule has 0 bridgehead atoms. The van der Waals surface area contributed by atoms with E-state index < -0.39 is 5.79 Å². The molecule has 0 aliphatic carbocycles. The Hall–Kier alpha value is -2.25. The van der Waals surface area contributed by atoms with Gasteiger partial charge in [0.05, 0.1) is 13.2 Å². The van der Waals surface area contributed by atoms with Crippen molar-refractivity contribution in [1.29, 1.82) is 0 Å². The predicted octanol–water partition coefficient (Wildman–Crippen LogP) is 4.07. The van der Waals surface area contributed by atoms with Gasteiger partial charge in [-0.15, -0.1) is 6.58 Å². The number of nitrogens with zero attached hydrogens (tertiary/aromatic N) is 2. The second kappa shape index (κ2) is 12.6. The molecule has 181 valence electrons. The van der Waals surface area contributed by atoms with E-state index in [1.54, 1.807) is 17.1 Å². The van der Waals surface area contributed by atoms with E-state index in [1.165, 1.54) is 11.4 Å². The Balaban J connectivity index is 0.00000342. The average Bonchev–Trinajstić information content (AvgIpc) is 3.32. The second-order valence-electron chi connectivity index (χ2n) is 8.60. The first-order chi connectivity index (χ1) is 16.5. The summed E-state index contributed by atoms with van der Waals surface area (Å²) in [5, 5.41) is 0. The van der Waals surface area contributed by atoms with E-state index >= 15 is 0 Å². The zero-order valence-corrected chi connectivity index (χ0v) is 22.9. The molecule has 2 saturated heterocycles. The van der Waals surface area contributed by atoms with Crippen LogP contribution in [0.25, 0.3) is 6.08 Å². The van der Waals surface area contributed by atoms with Crippen molar-refractivity contribution in [3.63, 3.8) is 0 Å². The average molecular weight is 548 g/mol. The third-order valence-electron chi connectivity index (χ3n) is 6.32. The molecule has 1 radical (unpaired) electrons. The van der Waals surface area contributed by atoms with Crippen molar-refractivity contribution in [2.45, 2.75) is 25.0 Å². The van der Waals surface area contributed by atoms with Crippen LogP contribution in [0.4, 0.5) is 0 Å². The molecule has 6 nitrogen and oxygen atoms in total. The first kappa shape index (κ1) is 27.3. The molecule has 0 aromatic heterocycles. The molecule has 2 amide bonds. The van der Waals surface area contributed by atoms with Gasteiger partial charge < -0.3 is 24.1 Å². The molecule has 0 unspecified atom stereocenters. The van der Waals surface area contributed by atoms with Crippen LogP contribution in [0.15, 0.2) is 67.8 Å². The molecule has 2 aromatic carbocycles. The quantitative estimate of drug-likeness (QED) is 0.369. The fraction of sp³-hybridized carbons (Fsp3) is 0.321. The van der Waals surface area contributed by atoms with Crippen molar-refractivity contribution in [1.82, 2.24) is 9.80 Å². The van der Waals surface area contributed by atoms with Crippen LogP contribution in [0, 0.1) is 6.54 Å². The maximum absolute atomic E-state index is 13.5. The summed E-state index contributed by atoms with van der Waals surface area (Å²) >= 11 is 0. The molecule has 2 fully saturated rings. The van der Waals surface area contributed by atoms with Crippen LogP contribution in [-0.2, 0) is 53.4 Å². The summed E-state index contributed by atoms with van der Waals surface area (Å²) in [4.78, 5) is 29.7. The van der Waals surface area contributed by atoms with Gasteiger partial charge in [-0.3, -0.25) is 4.79 Å². The largest absolute Gasteiger partial charge is 0.462 e. The standard InChI is InChI=1S/C28H31N2O4.Y/c1-3-14-30(21-26(31)29-15-12-28(13-16-29)33-17-18-34-28)27(32)25-20-23(10-11-24(25)4-2)19-22-8-6-5-7-9-22;/h3-11,20-21H,1-2,12-19H2;/q-1;. The molecule has 2 aliphatic rings. The summed E-state index contributed by atoms with van der Waals surface area (Å²) in [6.45, 7) is 11.5. The van der Waals surface area contributed by atoms with Gasteiger partial charge in [0, 0.05) is 70.7 Å². The summed E-state index contributed by atoms with van der Waals surface area (Å²) in [7, 11) is 0. The van der Waals surface area contributed by atoms with E-state index in [0.29, 0.717) is 51.1 Å². The molecule has 0 atom stereocenters. The maximum atomic E-state index is 13.5. The van der Waals surface area contributed by atoms with Gasteiger partial charge in [-0.1, -0.05) is 61.2 Å². The van der Waals surface area contributed by atoms with Crippen molar-refractivity contribution >= 4 is 17.9 Å². The number of hydrogen-bond acceptors (Lipinski definition) is 4. The second-order valence-corrected chi connectivity index (χ2v) is 8.60. The minimum Gasteiger partial charge on any atom is -0.462 e. The van der Waals surface area contributed by atoms with E-state index in [2.05, 4.69) is 25.3 Å². The van der Waals surface area contributed by atoms with Crippen molar-refractivity contribution in [3.8, 4) is 0 Å². The summed E-state index contributed by atoms with van der Waals surface area (Å²) in [5.41, 5.74) is 3.42. The third-order valence-corrected chi connectivity index (χ3v) is 6.32. The minimum atomic E-state index is -0.550. The molecule has 4 rings (SSSR count). The molecular formula is C28H31N2O4Y-. The fourth-order valence-electron chi connectivity index (χ4n) is 4.46. The fourth-order valence-corrected chi connectivity index (χ4v) is 4.46. The van der Waals surface area contributed by atoms with Gasteiger partial charge in [0.15, 0.2) is 5.79 Å². The maximum Gasteiger partial charge on any atom is 0.228 e. The van der Waals surface area contributed by atoms with Crippen molar-refractivity contribution < 1.29 is 51.8 Å². The van der Waals surface area contributed by atoms with Crippen molar-refractivity contribution in [3.05, 3.63) is 96.6 Å². The third kappa shape index (κ3) is 6.70. The van der Waals surface area contributed by atoms with Crippen LogP contribution in [0.5, 0.6) is 0 Å². The molecule has 0 N–H and O–H groups in total. The van der Waals surface area contributed by atoms with E-state index in [0.717, 1.165) is 16.7 Å². The number of piperidine rings is 1. The Kier molecular flexibility index (Phi) is 9.87. The molecule has 7 heteroatoms. The zero-order chi connectivity index (χ0) is 24.0. The first-order valence-electron chi connectivity index (χ1n) is 11.7. The Morgan fingerprint density at radius 2 is 1.71 bits per heavy atom. The molecule has 35 heavy (non-hydrogen) atoms. The molecule has 2 aromatic rings. The normalized spacial score (nSPS) is 16.3. The Labute approximate surface area is 232 Å². The summed E-state index contributed by atoms with van der Waals surface area (Å²) in [5.74, 6) is -1.01. The topological polar surface area (TPSA) is 59.1 Å². The van der Waals surface area contributed by atoms with Gasteiger partial charge in [0.25, 0.3) is 0 Å². The molecule has 2 aliphatic heterocycles. The van der Waals surface area contributed by atoms with Crippen molar-refractivity contribution in [2.75, 3.05) is 32.8 Å². The van der Waals surface area contributed by atoms with Crippen LogP contribution in [0.1, 0.15) is 39.9 Å². The summed E-state index contributed by atoms with van der Waals surface area (Å²) < 4.78 is 11.5. The number of carbonyl (C=O) groups excluding carboxylic acids is 2. The van der Waals surface area contributed by atoms with Gasteiger partial charge in [0.1, 0.15) is 5.91 Å². The van der Waals surface area contributed by atoms with E-state index in [9.17, 15) is 9.59 Å². The molecular weight excluding hydrogens is 517 g/mol. The monoisotopic (exact) mass is 548 g/mol. The molecule has 0 saturated carbocycles. The SMILES string of the molecule is C=CCN([CH-]C(=O)N1CCC2(CC1)OCCO2)C(=O)c1cc(Cc2ccccc2)ccc1C=C.[Y]. The van der Waals surface area contributed by atoms with Crippen LogP contribution in [0.3, 0.4) is 0 Å². The smallest absolute Gasteiger partial charge is 0.228 e. The number of rotatable bonds is 8. The Morgan fingerprint density at radius 3 is 2.34 bits per heavy atom. The van der Waals surface area contributed by atoms with Gasteiger partial charge in [-0.25, -0.2) is 6.54 Å². The zero-order valence-electron chi connectivity index (χ0n) is 20.0. The summed E-state index contributed by atoms with van der Waals surface area (Å²) in [6.07, 6.45) is 5.25. The van der Waals surface area contributed by atoms with Gasteiger partial charge in [-0.05, 0) is 29.2 Å². The number of benzene rings is 2. The minimum absolute atomic E-state index is 0. The van der Waals surface area contributed by atoms with Gasteiger partial charge in [-0.2, -0.15) is 0 Å². The number of carbonyl (C=O) groups is 2. The van der Waals surface area contributed by atoms with Crippen LogP contribution < -0.4 is 0 Å². The first-order valence-corrected chi connectivity index (χ1v) is 11.7. The predicted molar refractivity (Wildman–Crippen MR) is 132 cm³/mol. The Bertz CT molecular complexity index is 1040. The number of amides is 2. The van der Waals surface area contributed by atoms with Gasteiger partial charge in [0.2, 0.25) is 5.91 Å². The van der Waals surface area contributed by atoms with E-state index in [1.807, 2.05) is 36.4 Å². The van der Waals surface area contributed by atoms with Crippen molar-refractivity contribution in [2.24, 2.45) is 0 Å². The number of hydrogen-bond donors (Lipinski definition) is 0. The van der Waals surface area contributed by atoms with E-state index in [4.69, 9.17) is 9.47 Å². The van der Waals surface area contributed by atoms with Crippen LogP contribution in [-0.4, -0.2) is 60.2 Å². The number of ether oxygens (including phenoxy) is 2. The molecule has 2 heterocycles. The van der Waals surface area contributed by atoms with Crippen LogP contribution in [0.2, 0.25) is 0 Å². The summed E-state index contributed by atoms with van der Waals surface area (Å²) in [6, 6.07) is 15.9. The van der Waals surface area contributed by atoms with Crippen LogP contribution >= 0.6 is 0 Å². The number of likely N-dealkylation sites (tertiary alicyclic amines) is 1. The van der Waals surface area contributed by atoms with E-state index in [-0.39, 0.29) is 51.1 Å².